The lowest BCUT2D eigenvalue weighted by Crippen LogP contribution is -2.52. The molecule has 1 radical (unpaired) electrons. The summed E-state index contributed by atoms with van der Waals surface area (Å²) in [5, 5.41) is 10.4. The molecule has 1 aromatic rings. The minimum Gasteiger partial charge on any atom is -0.394 e. The second-order valence-electron chi connectivity index (χ2n) is 2.55. The van der Waals surface area contributed by atoms with Crippen molar-refractivity contribution in [1.29, 1.82) is 0 Å². The Morgan fingerprint density at radius 3 is 2.60 bits per heavy atom. The molecule has 0 saturated heterocycles. The largest absolute Gasteiger partial charge is 0.484 e. The lowest BCUT2D eigenvalue weighted by molar-refractivity contribution is -0.637. The van der Waals surface area contributed by atoms with E-state index in [1.165, 1.54) is 0 Å². The van der Waals surface area contributed by atoms with Gasteiger partial charge in [0, 0.05) is 6.07 Å². The van der Waals surface area contributed by atoms with Gasteiger partial charge in [0.15, 0.2) is 0 Å². The van der Waals surface area contributed by atoms with Gasteiger partial charge in [0.25, 0.3) is 10.6 Å². The Kier molecular flexibility index (Phi) is 3.00. The van der Waals surface area contributed by atoms with Crippen LogP contribution in [0.15, 0.2) is 23.1 Å². The molecule has 0 aromatic heterocycles. The van der Waals surface area contributed by atoms with Gasteiger partial charge < -0.3 is 5.73 Å². The molecule has 81 valence electrons. The summed E-state index contributed by atoms with van der Waals surface area (Å²) in [6, 6.07) is 3.03. The highest BCUT2D eigenvalue weighted by Crippen LogP contribution is 2.27. The van der Waals surface area contributed by atoms with E-state index in [-0.39, 0.29) is 11.4 Å². The van der Waals surface area contributed by atoms with Gasteiger partial charge in [0.2, 0.25) is 0 Å². The fourth-order valence-electron chi connectivity index (χ4n) is 0.917. The maximum absolute atomic E-state index is 11.2. The number of nitrogens with zero attached hydrogens (tertiary/aromatic N) is 1. The van der Waals surface area contributed by atoms with Crippen molar-refractivity contribution in [3.8, 4) is 0 Å². The van der Waals surface area contributed by atoms with Crippen molar-refractivity contribution in [2.45, 2.75) is 4.90 Å². The zero-order valence-corrected chi connectivity index (χ0v) is 8.23. The minimum absolute atomic E-state index is 0.135. The summed E-state index contributed by atoms with van der Waals surface area (Å²) >= 11 is 0. The van der Waals surface area contributed by atoms with Crippen molar-refractivity contribution in [3.63, 3.8) is 0 Å². The normalized spacial score (nSPS) is 14.5. The van der Waals surface area contributed by atoms with Gasteiger partial charge in [-0.15, -0.1) is 0 Å². The standard InChI is InChI=1S/C6H8N3O5S/c7-5-2-1-4(9(10)11)3-6(5)15(12,13)14-8/h1-3H,7H2,8H3/q+2. The number of nitrogens with two attached hydrogens (primary N) is 1. The van der Waals surface area contributed by atoms with E-state index in [0.717, 1.165) is 18.2 Å². The predicted octanol–water partition coefficient (Wildman–Crippen LogP) is -0.531. The average Bonchev–Trinajstić information content (AvgIpc) is 2.17. The molecular weight excluding hydrogens is 226 g/mol. The van der Waals surface area contributed by atoms with Gasteiger partial charge in [-0.1, -0.05) is 0 Å². The van der Waals surface area contributed by atoms with Gasteiger partial charge in [-0.05, 0) is 10.3 Å². The highest BCUT2D eigenvalue weighted by Gasteiger charge is 2.40. The van der Waals surface area contributed by atoms with Crippen LogP contribution < -0.4 is 11.6 Å². The number of rotatable bonds is 3. The van der Waals surface area contributed by atoms with E-state index < -0.39 is 20.3 Å². The molecule has 1 aromatic carbocycles. The first-order chi connectivity index (χ1) is 6.88. The van der Waals surface area contributed by atoms with E-state index in [0.29, 0.717) is 0 Å². The van der Waals surface area contributed by atoms with Crippen LogP contribution in [0.1, 0.15) is 0 Å². The number of nitro benzene ring substituents is 1. The molecule has 9 heteroatoms. The first kappa shape index (κ1) is 11.5. The topological polar surface area (TPSA) is 143 Å². The second kappa shape index (κ2) is 3.90. The van der Waals surface area contributed by atoms with Gasteiger partial charge >= 0.3 is 10.5 Å². The van der Waals surface area contributed by atoms with Crippen LogP contribution >= 0.6 is 0 Å². The number of hydrogen-bond donors (Lipinski definition) is 2. The Morgan fingerprint density at radius 2 is 2.13 bits per heavy atom. The SMILES string of the molecule is Nc1ccc([N+](=O)[O-])cc1[S+]([O])(=O)O[NH3+]. The number of nitrogen functional groups attached to an aromatic ring is 1. The summed E-state index contributed by atoms with van der Waals surface area (Å²) in [6.07, 6.45) is 0. The molecule has 1 unspecified atom stereocenters. The average molecular weight is 234 g/mol. The van der Waals surface area contributed by atoms with E-state index in [1.807, 2.05) is 0 Å². The third kappa shape index (κ3) is 2.27. The predicted molar refractivity (Wildman–Crippen MR) is 48.5 cm³/mol. The number of benzene rings is 1. The molecule has 5 N–H and O–H groups in total. The number of anilines is 1. The molecule has 1 rings (SSSR count). The van der Waals surface area contributed by atoms with Crippen LogP contribution in [0.5, 0.6) is 0 Å². The number of nitro groups is 1. The molecule has 0 heterocycles. The van der Waals surface area contributed by atoms with Crippen LogP contribution in [-0.2, 0) is 23.5 Å². The highest BCUT2D eigenvalue weighted by molar-refractivity contribution is 7.93. The van der Waals surface area contributed by atoms with Crippen molar-refractivity contribution in [3.05, 3.63) is 28.3 Å². The highest BCUT2D eigenvalue weighted by atomic mass is 32.3. The molecule has 0 amide bonds. The van der Waals surface area contributed by atoms with Crippen LogP contribution in [0.4, 0.5) is 11.4 Å². The fourth-order valence-corrected chi connectivity index (χ4v) is 1.67. The van der Waals surface area contributed by atoms with Crippen molar-refractivity contribution < 1.29 is 23.9 Å². The van der Waals surface area contributed by atoms with Crippen molar-refractivity contribution in [2.24, 2.45) is 0 Å². The van der Waals surface area contributed by atoms with Gasteiger partial charge in [-0.3, -0.25) is 10.1 Å². The molecule has 15 heavy (non-hydrogen) atoms. The maximum Gasteiger partial charge on any atom is 0.484 e. The van der Waals surface area contributed by atoms with Gasteiger partial charge in [-0.2, -0.15) is 5.90 Å². The van der Waals surface area contributed by atoms with E-state index in [9.17, 15) is 18.9 Å². The zero-order chi connectivity index (χ0) is 11.6. The Labute approximate surface area is 85.4 Å². The lowest BCUT2D eigenvalue weighted by atomic mass is 10.3. The molecule has 0 aliphatic heterocycles. The van der Waals surface area contributed by atoms with Gasteiger partial charge in [0.05, 0.1) is 25.5 Å². The van der Waals surface area contributed by atoms with Gasteiger partial charge in [0.1, 0.15) is 0 Å². The van der Waals surface area contributed by atoms with Crippen LogP contribution in [0, 0.1) is 10.1 Å². The summed E-state index contributed by atoms with van der Waals surface area (Å²) in [7, 11) is -4.13. The van der Waals surface area contributed by atoms with Crippen molar-refractivity contribution >= 4 is 21.9 Å². The van der Waals surface area contributed by atoms with E-state index in [1.54, 1.807) is 0 Å². The summed E-state index contributed by atoms with van der Waals surface area (Å²) in [6.45, 7) is 0. The molecule has 0 bridgehead atoms. The molecule has 1 atom stereocenters. The molecule has 0 aliphatic rings. The van der Waals surface area contributed by atoms with Crippen LogP contribution in [0.2, 0.25) is 0 Å². The number of hydrogen-bond acceptors (Lipinski definition) is 5. The van der Waals surface area contributed by atoms with Crippen LogP contribution in [0.3, 0.4) is 0 Å². The first-order valence-corrected chi connectivity index (χ1v) is 5.02. The Morgan fingerprint density at radius 1 is 1.53 bits per heavy atom. The van der Waals surface area contributed by atoms with E-state index in [4.69, 9.17) is 5.73 Å². The Hall–Kier alpha value is -1.55. The molecule has 0 spiro atoms. The third-order valence-electron chi connectivity index (χ3n) is 1.63. The second-order valence-corrected chi connectivity index (χ2v) is 4.13. The van der Waals surface area contributed by atoms with E-state index in [2.05, 4.69) is 10.2 Å². The number of non-ortho nitro benzene ring substituents is 1. The van der Waals surface area contributed by atoms with Crippen molar-refractivity contribution in [1.82, 2.24) is 0 Å². The minimum atomic E-state index is -4.13. The van der Waals surface area contributed by atoms with Crippen LogP contribution in [0.25, 0.3) is 0 Å². The van der Waals surface area contributed by atoms with Crippen molar-refractivity contribution in [2.75, 3.05) is 5.73 Å². The summed E-state index contributed by atoms with van der Waals surface area (Å²) in [5.74, 6) is 2.74. The Bertz CT molecular complexity index is 448. The zero-order valence-electron chi connectivity index (χ0n) is 7.41. The quantitative estimate of drug-likeness (QED) is 0.312. The maximum atomic E-state index is 11.2. The number of quaternary nitrogens is 1. The molecular formula is C6H8N3O5S+2. The Balaban J connectivity index is 3.35. The monoisotopic (exact) mass is 234 g/mol. The van der Waals surface area contributed by atoms with Gasteiger partial charge in [-0.25, -0.2) is 0 Å². The molecule has 0 saturated carbocycles. The third-order valence-corrected chi connectivity index (χ3v) is 2.83. The fraction of sp³-hybridized carbons (Fsp3) is 0. The molecule has 8 nitrogen and oxygen atoms in total. The van der Waals surface area contributed by atoms with Crippen LogP contribution in [-0.4, -0.2) is 4.92 Å². The summed E-state index contributed by atoms with van der Waals surface area (Å²) in [5.41, 5.74) is 4.82. The first-order valence-electron chi connectivity index (χ1n) is 3.61. The summed E-state index contributed by atoms with van der Waals surface area (Å²) < 4.78 is 26.4. The summed E-state index contributed by atoms with van der Waals surface area (Å²) in [4.78, 5) is 9.19. The molecule has 0 fully saturated rings. The van der Waals surface area contributed by atoms with E-state index >= 15 is 0 Å². The lowest BCUT2D eigenvalue weighted by Gasteiger charge is -1.98. The molecule has 0 aliphatic carbocycles. The smallest absolute Gasteiger partial charge is 0.394 e.